The van der Waals surface area contributed by atoms with Crippen molar-refractivity contribution >= 4 is 27.4 Å². The second-order valence-corrected chi connectivity index (χ2v) is 5.96. The van der Waals surface area contributed by atoms with Crippen molar-refractivity contribution in [2.24, 2.45) is 0 Å². The van der Waals surface area contributed by atoms with Crippen LogP contribution in [0.5, 0.6) is 0 Å². The molecule has 0 radical (unpaired) electrons. The van der Waals surface area contributed by atoms with Crippen molar-refractivity contribution < 1.29 is 4.92 Å². The van der Waals surface area contributed by atoms with Crippen LogP contribution in [-0.4, -0.2) is 29.0 Å². The standard InChI is InChI=1S/C13H19BrN4O2/c1-8-11(18(19)20)7-16-13(12(8)14)17-10-5-3-9(15-2)4-6-10/h7,9-10,15H,3-6H2,1-2H3,(H,16,17). The second kappa shape index (κ2) is 6.49. The van der Waals surface area contributed by atoms with Gasteiger partial charge in [-0.05, 0) is 55.6 Å². The molecule has 20 heavy (non-hydrogen) atoms. The summed E-state index contributed by atoms with van der Waals surface area (Å²) in [6.45, 7) is 1.73. The molecule has 1 aromatic rings. The summed E-state index contributed by atoms with van der Waals surface area (Å²) in [6.07, 6.45) is 5.75. The van der Waals surface area contributed by atoms with Crippen molar-refractivity contribution in [1.29, 1.82) is 0 Å². The van der Waals surface area contributed by atoms with E-state index in [9.17, 15) is 10.1 Å². The number of pyridine rings is 1. The minimum absolute atomic E-state index is 0.0429. The van der Waals surface area contributed by atoms with Crippen LogP contribution in [-0.2, 0) is 0 Å². The number of nitrogens with zero attached hydrogens (tertiary/aromatic N) is 2. The molecule has 7 heteroatoms. The molecule has 2 N–H and O–H groups in total. The van der Waals surface area contributed by atoms with Crippen LogP contribution in [0.1, 0.15) is 31.2 Å². The van der Waals surface area contributed by atoms with Gasteiger partial charge in [0.2, 0.25) is 0 Å². The third-order valence-electron chi connectivity index (χ3n) is 3.91. The summed E-state index contributed by atoms with van der Waals surface area (Å²) in [6, 6.07) is 0.979. The summed E-state index contributed by atoms with van der Waals surface area (Å²) >= 11 is 3.41. The van der Waals surface area contributed by atoms with Crippen LogP contribution in [0.2, 0.25) is 0 Å². The Morgan fingerprint density at radius 2 is 1.95 bits per heavy atom. The molecule has 0 spiro atoms. The van der Waals surface area contributed by atoms with Gasteiger partial charge in [-0.2, -0.15) is 0 Å². The van der Waals surface area contributed by atoms with Gasteiger partial charge in [0.1, 0.15) is 12.0 Å². The predicted molar refractivity (Wildman–Crippen MR) is 82.1 cm³/mol. The molecule has 1 heterocycles. The van der Waals surface area contributed by atoms with Gasteiger partial charge in [0, 0.05) is 17.6 Å². The first-order chi connectivity index (χ1) is 9.52. The smallest absolute Gasteiger partial charge is 0.291 e. The van der Waals surface area contributed by atoms with E-state index in [2.05, 4.69) is 31.5 Å². The maximum absolute atomic E-state index is 10.9. The molecule has 1 fully saturated rings. The van der Waals surface area contributed by atoms with Gasteiger partial charge in [-0.3, -0.25) is 10.1 Å². The predicted octanol–water partition coefficient (Wildman–Crippen LogP) is 3.00. The van der Waals surface area contributed by atoms with Crippen LogP contribution >= 0.6 is 15.9 Å². The summed E-state index contributed by atoms with van der Waals surface area (Å²) in [4.78, 5) is 14.6. The minimum Gasteiger partial charge on any atom is -0.366 e. The highest BCUT2D eigenvalue weighted by Crippen LogP contribution is 2.32. The average Bonchev–Trinajstić information content (AvgIpc) is 2.44. The highest BCUT2D eigenvalue weighted by molar-refractivity contribution is 9.10. The van der Waals surface area contributed by atoms with Crippen molar-refractivity contribution in [3.8, 4) is 0 Å². The van der Waals surface area contributed by atoms with E-state index in [-0.39, 0.29) is 5.69 Å². The number of nitrogens with one attached hydrogen (secondary N) is 2. The maximum Gasteiger partial charge on any atom is 0.291 e. The fourth-order valence-electron chi connectivity index (χ4n) is 2.57. The van der Waals surface area contributed by atoms with E-state index in [1.54, 1.807) is 6.92 Å². The zero-order chi connectivity index (χ0) is 14.7. The lowest BCUT2D eigenvalue weighted by molar-refractivity contribution is -0.385. The molecular formula is C13H19BrN4O2. The van der Waals surface area contributed by atoms with Gasteiger partial charge in [-0.25, -0.2) is 4.98 Å². The fourth-order valence-corrected chi connectivity index (χ4v) is 2.99. The van der Waals surface area contributed by atoms with Crippen LogP contribution in [0, 0.1) is 17.0 Å². The molecule has 1 aliphatic rings. The Hall–Kier alpha value is -1.21. The normalized spacial score (nSPS) is 22.6. The van der Waals surface area contributed by atoms with Crippen LogP contribution in [0.15, 0.2) is 10.7 Å². The van der Waals surface area contributed by atoms with E-state index in [0.717, 1.165) is 25.7 Å². The Morgan fingerprint density at radius 3 is 2.50 bits per heavy atom. The molecule has 1 saturated carbocycles. The quantitative estimate of drug-likeness (QED) is 0.649. The molecule has 0 amide bonds. The Morgan fingerprint density at radius 1 is 1.35 bits per heavy atom. The number of anilines is 1. The van der Waals surface area contributed by atoms with Crippen molar-refractivity contribution in [2.45, 2.75) is 44.7 Å². The first kappa shape index (κ1) is 15.2. The molecule has 2 rings (SSSR count). The Kier molecular flexibility index (Phi) is 4.93. The van der Waals surface area contributed by atoms with Gasteiger partial charge in [0.25, 0.3) is 5.69 Å². The van der Waals surface area contributed by atoms with Gasteiger partial charge in [-0.1, -0.05) is 0 Å². The van der Waals surface area contributed by atoms with Gasteiger partial charge in [0.15, 0.2) is 0 Å². The lowest BCUT2D eigenvalue weighted by Gasteiger charge is -2.29. The summed E-state index contributed by atoms with van der Waals surface area (Å²) in [7, 11) is 2.00. The van der Waals surface area contributed by atoms with Crippen LogP contribution in [0.3, 0.4) is 0 Å². The number of halogens is 1. The summed E-state index contributed by atoms with van der Waals surface area (Å²) in [5, 5.41) is 17.6. The van der Waals surface area contributed by atoms with Crippen molar-refractivity contribution in [3.63, 3.8) is 0 Å². The van der Waals surface area contributed by atoms with Gasteiger partial charge >= 0.3 is 0 Å². The van der Waals surface area contributed by atoms with Crippen molar-refractivity contribution in [2.75, 3.05) is 12.4 Å². The van der Waals surface area contributed by atoms with Crippen LogP contribution in [0.4, 0.5) is 11.5 Å². The third kappa shape index (κ3) is 3.27. The van der Waals surface area contributed by atoms with E-state index < -0.39 is 4.92 Å². The Balaban J connectivity index is 2.07. The average molecular weight is 343 g/mol. The molecule has 0 bridgehead atoms. The van der Waals surface area contributed by atoms with Gasteiger partial charge in [0.05, 0.1) is 9.40 Å². The molecule has 6 nitrogen and oxygen atoms in total. The van der Waals surface area contributed by atoms with E-state index in [4.69, 9.17) is 0 Å². The van der Waals surface area contributed by atoms with Crippen LogP contribution < -0.4 is 10.6 Å². The van der Waals surface area contributed by atoms with E-state index in [1.807, 2.05) is 7.05 Å². The number of nitro groups is 1. The zero-order valence-corrected chi connectivity index (χ0v) is 13.2. The number of hydrogen-bond donors (Lipinski definition) is 2. The third-order valence-corrected chi connectivity index (χ3v) is 4.88. The van der Waals surface area contributed by atoms with E-state index in [1.165, 1.54) is 6.20 Å². The molecule has 0 unspecified atom stereocenters. The number of aromatic nitrogens is 1. The molecule has 1 aromatic heterocycles. The number of rotatable bonds is 4. The molecule has 0 atom stereocenters. The lowest BCUT2D eigenvalue weighted by atomic mass is 9.91. The van der Waals surface area contributed by atoms with Gasteiger partial charge < -0.3 is 10.6 Å². The molecule has 1 aliphatic carbocycles. The zero-order valence-electron chi connectivity index (χ0n) is 11.6. The van der Waals surface area contributed by atoms with E-state index >= 15 is 0 Å². The monoisotopic (exact) mass is 342 g/mol. The lowest BCUT2D eigenvalue weighted by Crippen LogP contribution is -2.35. The topological polar surface area (TPSA) is 80.1 Å². The Labute approximate surface area is 126 Å². The van der Waals surface area contributed by atoms with E-state index in [0.29, 0.717) is 27.9 Å². The highest BCUT2D eigenvalue weighted by Gasteiger charge is 2.22. The molecule has 110 valence electrons. The first-order valence-electron chi connectivity index (χ1n) is 6.76. The molecule has 0 aromatic carbocycles. The summed E-state index contributed by atoms with van der Waals surface area (Å²) < 4.78 is 0.683. The second-order valence-electron chi connectivity index (χ2n) is 5.17. The largest absolute Gasteiger partial charge is 0.366 e. The molecular weight excluding hydrogens is 324 g/mol. The fraction of sp³-hybridized carbons (Fsp3) is 0.615. The molecule has 0 aliphatic heterocycles. The minimum atomic E-state index is -0.408. The van der Waals surface area contributed by atoms with Crippen molar-refractivity contribution in [1.82, 2.24) is 10.3 Å². The number of hydrogen-bond acceptors (Lipinski definition) is 5. The van der Waals surface area contributed by atoms with Crippen molar-refractivity contribution in [3.05, 3.63) is 26.3 Å². The Bertz CT molecular complexity index is 501. The summed E-state index contributed by atoms with van der Waals surface area (Å²) in [5.41, 5.74) is 0.651. The first-order valence-corrected chi connectivity index (χ1v) is 7.55. The maximum atomic E-state index is 10.9. The summed E-state index contributed by atoms with van der Waals surface area (Å²) in [5.74, 6) is 0.695. The molecule has 0 saturated heterocycles. The highest BCUT2D eigenvalue weighted by atomic mass is 79.9. The van der Waals surface area contributed by atoms with Crippen LogP contribution in [0.25, 0.3) is 0 Å². The SMILES string of the molecule is CNC1CCC(Nc2ncc([N+](=O)[O-])c(C)c2Br)CC1. The van der Waals surface area contributed by atoms with Gasteiger partial charge in [-0.15, -0.1) is 0 Å².